The number of hydrogen-bond donors (Lipinski definition) is 2. The van der Waals surface area contributed by atoms with Gasteiger partial charge in [-0.1, -0.05) is 36.8 Å². The van der Waals surface area contributed by atoms with Crippen LogP contribution in [0, 0.1) is 6.92 Å². The molecule has 0 amide bonds. The maximum absolute atomic E-state index is 9.98. The van der Waals surface area contributed by atoms with Crippen LogP contribution < -0.4 is 5.32 Å². The summed E-state index contributed by atoms with van der Waals surface area (Å²) in [6.07, 6.45) is -0.421. The lowest BCUT2D eigenvalue weighted by atomic mass is 10.0. The van der Waals surface area contributed by atoms with Crippen molar-refractivity contribution in [3.05, 3.63) is 35.4 Å². The summed E-state index contributed by atoms with van der Waals surface area (Å²) in [7, 11) is 0. The van der Waals surface area contributed by atoms with E-state index in [0.717, 1.165) is 12.1 Å². The molecule has 1 aromatic carbocycles. The van der Waals surface area contributed by atoms with Crippen LogP contribution in [0.5, 0.6) is 0 Å². The first-order valence-electron chi connectivity index (χ1n) is 5.13. The average Bonchev–Trinajstić information content (AvgIpc) is 2.17. The van der Waals surface area contributed by atoms with Gasteiger partial charge < -0.3 is 10.4 Å². The summed E-state index contributed by atoms with van der Waals surface area (Å²) in [6, 6.07) is 8.10. The van der Waals surface area contributed by atoms with Gasteiger partial charge in [0.15, 0.2) is 0 Å². The molecular formula is C12H19NO. The van der Waals surface area contributed by atoms with E-state index < -0.39 is 6.10 Å². The topological polar surface area (TPSA) is 32.3 Å². The van der Waals surface area contributed by atoms with Gasteiger partial charge in [-0.15, -0.1) is 0 Å². The van der Waals surface area contributed by atoms with Gasteiger partial charge in [0, 0.05) is 6.04 Å². The summed E-state index contributed by atoms with van der Waals surface area (Å²) >= 11 is 0. The Morgan fingerprint density at radius 2 is 2.14 bits per heavy atom. The number of hydrogen-bond acceptors (Lipinski definition) is 2. The molecule has 0 radical (unpaired) electrons. The van der Waals surface area contributed by atoms with E-state index in [1.165, 1.54) is 5.56 Å². The van der Waals surface area contributed by atoms with E-state index in [-0.39, 0.29) is 6.04 Å². The maximum Gasteiger partial charge on any atom is 0.0940 e. The third-order valence-corrected chi connectivity index (χ3v) is 2.38. The minimum absolute atomic E-state index is 0.0989. The summed E-state index contributed by atoms with van der Waals surface area (Å²) in [6.45, 7) is 6.95. The van der Waals surface area contributed by atoms with Crippen molar-refractivity contribution in [3.8, 4) is 0 Å². The summed E-state index contributed by atoms with van der Waals surface area (Å²) in [5.74, 6) is 0. The van der Waals surface area contributed by atoms with E-state index in [1.54, 1.807) is 0 Å². The van der Waals surface area contributed by atoms with Crippen LogP contribution in [0.2, 0.25) is 0 Å². The number of likely N-dealkylation sites (N-methyl/N-ethyl adjacent to an activating group) is 1. The van der Waals surface area contributed by atoms with Crippen LogP contribution in [0.25, 0.3) is 0 Å². The minimum Gasteiger partial charge on any atom is -0.387 e. The molecule has 78 valence electrons. The van der Waals surface area contributed by atoms with Crippen molar-refractivity contribution in [3.63, 3.8) is 0 Å². The normalized spacial score (nSPS) is 15.1. The third-order valence-electron chi connectivity index (χ3n) is 2.38. The molecule has 0 aliphatic heterocycles. The number of benzene rings is 1. The van der Waals surface area contributed by atoms with E-state index in [9.17, 15) is 5.11 Å². The molecule has 2 atom stereocenters. The number of aryl methyl sites for hydroxylation is 1. The molecular weight excluding hydrogens is 174 g/mol. The van der Waals surface area contributed by atoms with Crippen molar-refractivity contribution in [1.29, 1.82) is 0 Å². The lowest BCUT2D eigenvalue weighted by molar-refractivity contribution is 0.137. The van der Waals surface area contributed by atoms with Gasteiger partial charge in [0.1, 0.15) is 0 Å². The molecule has 0 aliphatic rings. The molecule has 2 unspecified atom stereocenters. The first-order chi connectivity index (χ1) is 6.65. The van der Waals surface area contributed by atoms with E-state index in [2.05, 4.69) is 5.32 Å². The molecule has 0 bridgehead atoms. The molecule has 2 nitrogen and oxygen atoms in total. The summed E-state index contributed by atoms with van der Waals surface area (Å²) < 4.78 is 0. The SMILES string of the molecule is CCNC(C)C(O)c1cccc(C)c1. The average molecular weight is 193 g/mol. The lowest BCUT2D eigenvalue weighted by Gasteiger charge is -2.20. The highest BCUT2D eigenvalue weighted by molar-refractivity contribution is 5.24. The Bertz CT molecular complexity index is 285. The molecule has 0 fully saturated rings. The summed E-state index contributed by atoms with van der Waals surface area (Å²) in [4.78, 5) is 0. The Labute approximate surface area is 86.0 Å². The van der Waals surface area contributed by atoms with Crippen molar-refractivity contribution in [2.24, 2.45) is 0 Å². The second-order valence-corrected chi connectivity index (χ2v) is 3.71. The molecule has 2 N–H and O–H groups in total. The molecule has 0 heterocycles. The summed E-state index contributed by atoms with van der Waals surface area (Å²) in [5, 5.41) is 13.2. The van der Waals surface area contributed by atoms with Gasteiger partial charge in [-0.2, -0.15) is 0 Å². The second-order valence-electron chi connectivity index (χ2n) is 3.71. The Kier molecular flexibility index (Phi) is 4.11. The van der Waals surface area contributed by atoms with Gasteiger partial charge >= 0.3 is 0 Å². The highest BCUT2D eigenvalue weighted by Crippen LogP contribution is 2.17. The van der Waals surface area contributed by atoms with Gasteiger partial charge in [0.2, 0.25) is 0 Å². The highest BCUT2D eigenvalue weighted by atomic mass is 16.3. The van der Waals surface area contributed by atoms with Crippen molar-refractivity contribution >= 4 is 0 Å². The van der Waals surface area contributed by atoms with Crippen LogP contribution >= 0.6 is 0 Å². The van der Waals surface area contributed by atoms with Crippen LogP contribution in [-0.2, 0) is 0 Å². The van der Waals surface area contributed by atoms with Crippen LogP contribution in [0.15, 0.2) is 24.3 Å². The maximum atomic E-state index is 9.98. The van der Waals surface area contributed by atoms with Crippen molar-refractivity contribution in [2.45, 2.75) is 32.9 Å². The highest BCUT2D eigenvalue weighted by Gasteiger charge is 2.14. The predicted molar refractivity (Wildman–Crippen MR) is 59.3 cm³/mol. The third kappa shape index (κ3) is 2.82. The fraction of sp³-hybridized carbons (Fsp3) is 0.500. The Morgan fingerprint density at radius 1 is 1.43 bits per heavy atom. The Hall–Kier alpha value is -0.860. The van der Waals surface area contributed by atoms with E-state index in [1.807, 2.05) is 45.0 Å². The molecule has 0 saturated heterocycles. The molecule has 0 aromatic heterocycles. The molecule has 2 heteroatoms. The van der Waals surface area contributed by atoms with Crippen molar-refractivity contribution < 1.29 is 5.11 Å². The van der Waals surface area contributed by atoms with Crippen LogP contribution in [0.1, 0.15) is 31.1 Å². The fourth-order valence-electron chi connectivity index (χ4n) is 1.58. The van der Waals surface area contributed by atoms with Gasteiger partial charge in [0.25, 0.3) is 0 Å². The smallest absolute Gasteiger partial charge is 0.0940 e. The molecule has 1 rings (SSSR count). The van der Waals surface area contributed by atoms with E-state index >= 15 is 0 Å². The first kappa shape index (κ1) is 11.2. The molecule has 1 aromatic rings. The fourth-order valence-corrected chi connectivity index (χ4v) is 1.58. The number of rotatable bonds is 4. The number of nitrogens with one attached hydrogen (secondary N) is 1. The standard InChI is InChI=1S/C12H19NO/c1-4-13-10(3)12(14)11-7-5-6-9(2)8-11/h5-8,10,12-14H,4H2,1-3H3. The zero-order valence-electron chi connectivity index (χ0n) is 9.12. The summed E-state index contributed by atoms with van der Waals surface area (Å²) in [5.41, 5.74) is 2.17. The largest absolute Gasteiger partial charge is 0.387 e. The molecule has 14 heavy (non-hydrogen) atoms. The minimum atomic E-state index is -0.421. The van der Waals surface area contributed by atoms with Crippen LogP contribution in [-0.4, -0.2) is 17.7 Å². The van der Waals surface area contributed by atoms with Crippen LogP contribution in [0.3, 0.4) is 0 Å². The molecule has 0 spiro atoms. The molecule has 0 saturated carbocycles. The first-order valence-corrected chi connectivity index (χ1v) is 5.13. The van der Waals surface area contributed by atoms with Gasteiger partial charge in [-0.25, -0.2) is 0 Å². The Balaban J connectivity index is 2.73. The van der Waals surface area contributed by atoms with Gasteiger partial charge in [-0.3, -0.25) is 0 Å². The van der Waals surface area contributed by atoms with Crippen LogP contribution in [0.4, 0.5) is 0 Å². The van der Waals surface area contributed by atoms with E-state index in [0.29, 0.717) is 0 Å². The number of aliphatic hydroxyl groups is 1. The van der Waals surface area contributed by atoms with Crippen molar-refractivity contribution in [1.82, 2.24) is 5.32 Å². The quantitative estimate of drug-likeness (QED) is 0.767. The zero-order valence-corrected chi connectivity index (χ0v) is 9.12. The molecule has 0 aliphatic carbocycles. The predicted octanol–water partition coefficient (Wildman–Crippen LogP) is 2.03. The zero-order chi connectivity index (χ0) is 10.6. The lowest BCUT2D eigenvalue weighted by Crippen LogP contribution is -2.31. The Morgan fingerprint density at radius 3 is 2.71 bits per heavy atom. The monoisotopic (exact) mass is 193 g/mol. The second kappa shape index (κ2) is 5.13. The van der Waals surface area contributed by atoms with Gasteiger partial charge in [-0.05, 0) is 26.0 Å². The van der Waals surface area contributed by atoms with Gasteiger partial charge in [0.05, 0.1) is 6.10 Å². The van der Waals surface area contributed by atoms with Crippen molar-refractivity contribution in [2.75, 3.05) is 6.54 Å². The number of aliphatic hydroxyl groups excluding tert-OH is 1. The van der Waals surface area contributed by atoms with E-state index in [4.69, 9.17) is 0 Å².